The first-order valence-corrected chi connectivity index (χ1v) is 48.2. The van der Waals surface area contributed by atoms with Gasteiger partial charge in [0, 0.05) is 6.42 Å². The molecule has 0 radical (unpaired) electrons. The Labute approximate surface area is 507 Å². The van der Waals surface area contributed by atoms with Gasteiger partial charge in [0.15, 0.2) is 0 Å². The topological polar surface area (TPSA) is 12.0 Å². The van der Waals surface area contributed by atoms with Crippen LogP contribution in [0.4, 0.5) is 0 Å². The largest absolute Gasteiger partial charge is 0.154 e. The average molecular weight is 1200 g/mol. The monoisotopic (exact) mass is 1200 g/mol. The molecule has 0 aromatic heterocycles. The summed E-state index contributed by atoms with van der Waals surface area (Å²) in [6.45, 7) is 29.4. The highest BCUT2D eigenvalue weighted by atomic mass is 31.2. The van der Waals surface area contributed by atoms with Crippen molar-refractivity contribution in [2.75, 3.05) is 6.16 Å². The first kappa shape index (κ1) is 69.6. The second-order valence-electron chi connectivity index (χ2n) is 25.6. The van der Waals surface area contributed by atoms with Crippen LogP contribution in [-0.4, -0.2) is 38.5 Å². The Balaban J connectivity index is 1.96. The maximum atomic E-state index is 5.10. The molecule has 0 amide bonds. The summed E-state index contributed by atoms with van der Waals surface area (Å²) in [6.07, 6.45) is 25.8. The summed E-state index contributed by atoms with van der Waals surface area (Å²) in [5.74, 6) is 0. The van der Waals surface area contributed by atoms with Crippen molar-refractivity contribution in [2.24, 2.45) is 0 Å². The van der Waals surface area contributed by atoms with Crippen molar-refractivity contribution in [1.29, 1.82) is 0 Å². The van der Waals surface area contributed by atoms with E-state index in [1.54, 1.807) is 42.0 Å². The normalized spacial score (nSPS) is 12.7. The number of hydrogen-bond acceptors (Lipinski definition) is 1. The molecule has 448 valence electrons. The molecule has 7 heteroatoms. The highest BCUT2D eigenvalue weighted by Crippen LogP contribution is 2.59. The van der Waals surface area contributed by atoms with Crippen LogP contribution in [0.1, 0.15) is 204 Å². The Hall–Kier alpha value is -2.21. The highest BCUT2D eigenvalue weighted by Gasteiger charge is 2.48. The lowest BCUT2D eigenvalue weighted by Crippen LogP contribution is -2.49. The number of hydrogen-bond donors (Lipinski definition) is 1. The van der Waals surface area contributed by atoms with Gasteiger partial charge in [0.2, 0.25) is 0 Å². The minimum absolute atomic E-state index is 0.996. The minimum atomic E-state index is -2.38. The summed E-state index contributed by atoms with van der Waals surface area (Å²) in [5.41, 5.74) is 1.46. The number of nitrogens with one attached hydrogen (secondary N) is 1. The third-order valence-electron chi connectivity index (χ3n) is 19.5. The third-order valence-corrected chi connectivity index (χ3v) is 49.4. The van der Waals surface area contributed by atoms with Crippen LogP contribution in [0.2, 0.25) is 72.5 Å². The lowest BCUT2D eigenvalue weighted by molar-refractivity contribution is 0.800. The van der Waals surface area contributed by atoms with Gasteiger partial charge in [0.05, 0.1) is 46.5 Å². The van der Waals surface area contributed by atoms with E-state index in [9.17, 15) is 0 Å². The molecule has 0 aliphatic rings. The molecular formula is C74H122NP2Si4+. The molecule has 5 rings (SSSR count). The van der Waals surface area contributed by atoms with Gasteiger partial charge in [0.1, 0.15) is 18.0 Å². The first-order valence-electron chi connectivity index (χ1n) is 34.4. The molecule has 5 aromatic carbocycles. The number of aryl methyl sites for hydroxylation is 1. The highest BCUT2D eigenvalue weighted by molar-refractivity contribution is 7.95. The molecule has 1 nitrogen and oxygen atoms in total. The average Bonchev–Trinajstić information content (AvgIpc) is 3.50. The van der Waals surface area contributed by atoms with Crippen LogP contribution in [0.15, 0.2) is 127 Å². The summed E-state index contributed by atoms with van der Waals surface area (Å²) in [4.78, 5) is 5.10. The molecule has 0 aliphatic heterocycles. The van der Waals surface area contributed by atoms with Gasteiger partial charge >= 0.3 is 0 Å². The van der Waals surface area contributed by atoms with E-state index in [1.165, 1.54) is 194 Å². The third kappa shape index (κ3) is 18.6. The Morgan fingerprint density at radius 1 is 0.309 bits per heavy atom. The fourth-order valence-corrected chi connectivity index (χ4v) is 45.1. The van der Waals surface area contributed by atoms with Crippen LogP contribution >= 0.6 is 15.5 Å². The quantitative estimate of drug-likeness (QED) is 0.0303. The summed E-state index contributed by atoms with van der Waals surface area (Å²) < 4.78 is 0. The molecule has 5 aromatic rings. The van der Waals surface area contributed by atoms with Gasteiger partial charge in [-0.1, -0.05) is 395 Å². The van der Waals surface area contributed by atoms with Crippen LogP contribution in [0.5, 0.6) is 0 Å². The van der Waals surface area contributed by atoms with E-state index < -0.39 is 47.8 Å². The van der Waals surface area contributed by atoms with E-state index in [-0.39, 0.29) is 0 Å². The van der Waals surface area contributed by atoms with E-state index in [0.717, 1.165) is 12.6 Å². The molecule has 0 heterocycles. The van der Waals surface area contributed by atoms with Crippen LogP contribution < -0.4 is 46.8 Å². The van der Waals surface area contributed by atoms with Crippen molar-refractivity contribution in [3.63, 3.8) is 0 Å². The molecule has 0 spiro atoms. The molecule has 81 heavy (non-hydrogen) atoms. The van der Waals surface area contributed by atoms with Crippen molar-refractivity contribution >= 4 is 89.7 Å². The fraction of sp³-hybridized carbons (Fsp3) is 0.595. The van der Waals surface area contributed by atoms with E-state index in [1.807, 2.05) is 0 Å². The lowest BCUT2D eigenvalue weighted by atomic mass is 10.2. The van der Waals surface area contributed by atoms with Gasteiger partial charge in [-0.2, -0.15) is 4.86 Å². The van der Waals surface area contributed by atoms with Gasteiger partial charge in [-0.25, -0.2) is 0 Å². The standard InChI is InChI=1S/C74H122NP2Si4/c1-13-25-58-80(59-26-14-2,60-27-15-3)71-46-42-69(43-47-71)77(51-50-66-36-32-31-33-37-66,70-44-48-72(49-45-70)81(61-28-16-4,62-29-17-5)63-30-18-6)75-76(67-38-34-40-73(64-67)78(52-19-7,53-20-8)54-21-9)68-39-35-41-74(65-68)79(55-22-10,56-23-11)57-24-12/h31-49,64-65,75H,13-30,50-63H2,1-12H3/q+1. The fourth-order valence-electron chi connectivity index (χ4n) is 15.2. The van der Waals surface area contributed by atoms with Gasteiger partial charge in [-0.15, -0.1) is 0 Å². The minimum Gasteiger partial charge on any atom is -0.154 e. The first-order chi connectivity index (χ1) is 39.5. The van der Waals surface area contributed by atoms with Crippen molar-refractivity contribution in [1.82, 2.24) is 4.86 Å². The maximum Gasteiger partial charge on any atom is 0.150 e. The van der Waals surface area contributed by atoms with Gasteiger partial charge in [-0.3, -0.25) is 0 Å². The van der Waals surface area contributed by atoms with Gasteiger partial charge in [0.25, 0.3) is 0 Å². The molecule has 0 saturated carbocycles. The second-order valence-corrected chi connectivity index (χ2v) is 49.8. The van der Waals surface area contributed by atoms with Crippen molar-refractivity contribution < 1.29 is 0 Å². The lowest BCUT2D eigenvalue weighted by Gasteiger charge is -2.37. The molecule has 0 fully saturated rings. The Morgan fingerprint density at radius 3 is 0.914 bits per heavy atom. The van der Waals surface area contributed by atoms with Crippen molar-refractivity contribution in [2.45, 2.75) is 278 Å². The zero-order valence-electron chi connectivity index (χ0n) is 54.6. The predicted molar refractivity (Wildman–Crippen MR) is 387 cm³/mol. The van der Waals surface area contributed by atoms with Gasteiger partial charge in [-0.05, 0) is 40.4 Å². The van der Waals surface area contributed by atoms with Crippen LogP contribution in [0.3, 0.4) is 0 Å². The Morgan fingerprint density at radius 2 is 0.617 bits per heavy atom. The molecule has 1 N–H and O–H groups in total. The molecule has 0 aliphatic carbocycles. The smallest absolute Gasteiger partial charge is 0.150 e. The number of rotatable bonds is 43. The SMILES string of the molecule is CCCC[Si](CCCC)(CCCC)c1ccc([P+](CCc2ccccc2)(NP(c2cccc([Si](CCC)(CCC)CCC)c2)c2cccc([Si](CCC)(CCC)CCC)c2)c2ccc([Si](CCCC)(CCCC)CCCC)cc2)cc1. The van der Waals surface area contributed by atoms with E-state index in [0.29, 0.717) is 0 Å². The van der Waals surface area contributed by atoms with E-state index >= 15 is 0 Å². The molecule has 0 saturated heterocycles. The zero-order chi connectivity index (χ0) is 58.5. The number of unbranched alkanes of at least 4 members (excludes halogenated alkanes) is 6. The summed E-state index contributed by atoms with van der Waals surface area (Å²) >= 11 is 0. The molecular weight excluding hydrogens is 1080 g/mol. The summed E-state index contributed by atoms with van der Waals surface area (Å²) in [7, 11) is -10.4. The molecule has 0 bridgehead atoms. The summed E-state index contributed by atoms with van der Waals surface area (Å²) in [6, 6.07) is 71.7. The summed E-state index contributed by atoms with van der Waals surface area (Å²) in [5, 5.41) is 13.2. The van der Waals surface area contributed by atoms with Gasteiger partial charge < -0.3 is 0 Å². The van der Waals surface area contributed by atoms with Crippen LogP contribution in [-0.2, 0) is 6.42 Å². The zero-order valence-corrected chi connectivity index (χ0v) is 60.4. The van der Waals surface area contributed by atoms with E-state index in [2.05, 4.69) is 210 Å². The Kier molecular flexibility index (Phi) is 31.5. The van der Waals surface area contributed by atoms with E-state index in [4.69, 9.17) is 4.86 Å². The van der Waals surface area contributed by atoms with Crippen molar-refractivity contribution in [3.8, 4) is 0 Å². The van der Waals surface area contributed by atoms with Crippen LogP contribution in [0, 0.1) is 0 Å². The Bertz CT molecular complexity index is 2230. The van der Waals surface area contributed by atoms with Crippen molar-refractivity contribution in [3.05, 3.63) is 133 Å². The van der Waals surface area contributed by atoms with Crippen LogP contribution in [0.25, 0.3) is 0 Å². The molecule has 0 unspecified atom stereocenters. The second kappa shape index (κ2) is 36.7. The maximum absolute atomic E-state index is 5.10. The predicted octanol–water partition coefficient (Wildman–Crippen LogP) is 20.3. The number of benzene rings is 5. The molecule has 0 atom stereocenters.